The monoisotopic (exact) mass is 260 g/mol. The average Bonchev–Trinajstić information content (AvgIpc) is 2.27. The lowest BCUT2D eigenvalue weighted by atomic mass is 10.1. The number of esters is 1. The first-order valence-electron chi connectivity index (χ1n) is 5.38. The molecule has 0 bridgehead atoms. The maximum Gasteiger partial charge on any atom is 0.310 e. The molecule has 1 aromatic heterocycles. The Morgan fingerprint density at radius 2 is 2.22 bits per heavy atom. The summed E-state index contributed by atoms with van der Waals surface area (Å²) in [7, 11) is 0. The van der Waals surface area contributed by atoms with Crippen molar-refractivity contribution in [2.45, 2.75) is 26.3 Å². The molecule has 0 aliphatic heterocycles. The summed E-state index contributed by atoms with van der Waals surface area (Å²) in [6.45, 7) is 1.75. The molecule has 0 radical (unpaired) electrons. The van der Waals surface area contributed by atoms with Gasteiger partial charge >= 0.3 is 5.97 Å². The van der Waals surface area contributed by atoms with Gasteiger partial charge in [-0.3, -0.25) is 9.59 Å². The number of ether oxygens (including phenoxy) is 1. The van der Waals surface area contributed by atoms with Crippen molar-refractivity contribution in [1.82, 2.24) is 4.98 Å². The van der Waals surface area contributed by atoms with Gasteiger partial charge in [0.15, 0.2) is 0 Å². The Bertz CT molecular complexity index is 486. The second kappa shape index (κ2) is 6.25. The molecular formula is C11H14F2N2O3. The van der Waals surface area contributed by atoms with Crippen LogP contribution in [0.2, 0.25) is 0 Å². The van der Waals surface area contributed by atoms with Crippen molar-refractivity contribution >= 4 is 5.97 Å². The number of aromatic nitrogens is 1. The highest BCUT2D eigenvalue weighted by atomic mass is 19.3. The highest BCUT2D eigenvalue weighted by Crippen LogP contribution is 2.20. The number of alkyl halides is 2. The van der Waals surface area contributed by atoms with Crippen LogP contribution in [0.3, 0.4) is 0 Å². The third kappa shape index (κ3) is 3.36. The summed E-state index contributed by atoms with van der Waals surface area (Å²) in [6.07, 6.45) is -3.32. The molecule has 0 aliphatic carbocycles. The predicted molar refractivity (Wildman–Crippen MR) is 60.2 cm³/mol. The van der Waals surface area contributed by atoms with Crippen LogP contribution in [-0.2, 0) is 22.5 Å². The molecule has 0 fully saturated rings. The van der Waals surface area contributed by atoms with Crippen LogP contribution >= 0.6 is 0 Å². The number of aromatic amines is 1. The average molecular weight is 260 g/mol. The standard InChI is InChI=1S/C11H14F2N2O3/c1-2-18-8(16)4-6-3-7(5-14)15-11(17)9(6)10(12)13/h3,10H,2,4-5,14H2,1H3,(H,15,17). The SMILES string of the molecule is CCOC(=O)Cc1cc(CN)[nH]c(=O)c1C(F)F. The van der Waals surface area contributed by atoms with Gasteiger partial charge in [0.2, 0.25) is 0 Å². The van der Waals surface area contributed by atoms with Gasteiger partial charge in [-0.2, -0.15) is 0 Å². The zero-order valence-electron chi connectivity index (χ0n) is 9.83. The molecule has 5 nitrogen and oxygen atoms in total. The highest BCUT2D eigenvalue weighted by Gasteiger charge is 2.20. The summed E-state index contributed by atoms with van der Waals surface area (Å²) < 4.78 is 30.2. The fourth-order valence-electron chi connectivity index (χ4n) is 1.55. The molecule has 7 heteroatoms. The van der Waals surface area contributed by atoms with Crippen LogP contribution < -0.4 is 11.3 Å². The summed E-state index contributed by atoms with van der Waals surface area (Å²) in [5.41, 5.74) is 3.94. The molecule has 1 aromatic rings. The third-order valence-electron chi connectivity index (χ3n) is 2.29. The number of hydrogen-bond acceptors (Lipinski definition) is 4. The molecule has 0 saturated carbocycles. The molecule has 3 N–H and O–H groups in total. The van der Waals surface area contributed by atoms with Crippen LogP contribution in [0.4, 0.5) is 8.78 Å². The van der Waals surface area contributed by atoms with Crippen molar-refractivity contribution < 1.29 is 18.3 Å². The van der Waals surface area contributed by atoms with E-state index in [0.717, 1.165) is 0 Å². The largest absolute Gasteiger partial charge is 0.466 e. The number of halogens is 2. The first-order valence-corrected chi connectivity index (χ1v) is 5.38. The van der Waals surface area contributed by atoms with Crippen molar-refractivity contribution in [2.24, 2.45) is 5.73 Å². The van der Waals surface area contributed by atoms with Crippen molar-refractivity contribution in [2.75, 3.05) is 6.61 Å². The topological polar surface area (TPSA) is 85.2 Å². The molecule has 0 amide bonds. The van der Waals surface area contributed by atoms with Gasteiger partial charge in [-0.05, 0) is 18.6 Å². The van der Waals surface area contributed by atoms with Crippen LogP contribution in [0.5, 0.6) is 0 Å². The van der Waals surface area contributed by atoms with Gasteiger partial charge in [-0.1, -0.05) is 0 Å². The van der Waals surface area contributed by atoms with Gasteiger partial charge in [0.25, 0.3) is 12.0 Å². The molecule has 0 unspecified atom stereocenters. The molecule has 1 heterocycles. The Hall–Kier alpha value is -1.76. The number of carbonyl (C=O) groups is 1. The lowest BCUT2D eigenvalue weighted by Gasteiger charge is -2.09. The fraction of sp³-hybridized carbons (Fsp3) is 0.455. The van der Waals surface area contributed by atoms with E-state index in [1.807, 2.05) is 0 Å². The predicted octanol–water partition coefficient (Wildman–Crippen LogP) is 0.877. The van der Waals surface area contributed by atoms with Gasteiger partial charge in [-0.15, -0.1) is 0 Å². The molecule has 0 atom stereocenters. The lowest BCUT2D eigenvalue weighted by molar-refractivity contribution is -0.142. The number of nitrogens with two attached hydrogens (primary N) is 1. The summed E-state index contributed by atoms with van der Waals surface area (Å²) in [5, 5.41) is 0. The molecular weight excluding hydrogens is 246 g/mol. The highest BCUT2D eigenvalue weighted by molar-refractivity contribution is 5.73. The quantitative estimate of drug-likeness (QED) is 0.769. The Kier molecular flexibility index (Phi) is 4.96. The second-order valence-electron chi connectivity index (χ2n) is 3.55. The number of hydrogen-bond donors (Lipinski definition) is 2. The lowest BCUT2D eigenvalue weighted by Crippen LogP contribution is -2.21. The first-order chi connectivity index (χ1) is 8.49. The van der Waals surface area contributed by atoms with E-state index in [0.29, 0.717) is 5.69 Å². The van der Waals surface area contributed by atoms with E-state index < -0.39 is 23.5 Å². The van der Waals surface area contributed by atoms with E-state index in [1.165, 1.54) is 6.07 Å². The summed E-state index contributed by atoms with van der Waals surface area (Å²) >= 11 is 0. The van der Waals surface area contributed by atoms with Crippen LogP contribution in [-0.4, -0.2) is 17.6 Å². The van der Waals surface area contributed by atoms with Gasteiger partial charge in [0.1, 0.15) is 0 Å². The minimum absolute atomic E-state index is 0.00537. The van der Waals surface area contributed by atoms with E-state index >= 15 is 0 Å². The fourth-order valence-corrected chi connectivity index (χ4v) is 1.55. The van der Waals surface area contributed by atoms with E-state index in [4.69, 9.17) is 5.73 Å². The van der Waals surface area contributed by atoms with Crippen molar-refractivity contribution in [3.63, 3.8) is 0 Å². The van der Waals surface area contributed by atoms with E-state index in [-0.39, 0.29) is 25.1 Å². The van der Waals surface area contributed by atoms with E-state index in [2.05, 4.69) is 9.72 Å². The molecule has 0 aliphatic rings. The second-order valence-corrected chi connectivity index (χ2v) is 3.55. The molecule has 0 saturated heterocycles. The molecule has 0 spiro atoms. The third-order valence-corrected chi connectivity index (χ3v) is 2.29. The zero-order valence-corrected chi connectivity index (χ0v) is 9.83. The van der Waals surface area contributed by atoms with E-state index in [1.54, 1.807) is 6.92 Å². The maximum atomic E-state index is 12.8. The number of pyridine rings is 1. The van der Waals surface area contributed by atoms with Gasteiger partial charge in [-0.25, -0.2) is 8.78 Å². The molecule has 1 rings (SSSR count). The number of nitrogens with one attached hydrogen (secondary N) is 1. The van der Waals surface area contributed by atoms with Gasteiger partial charge in [0.05, 0.1) is 18.6 Å². The minimum Gasteiger partial charge on any atom is -0.466 e. The van der Waals surface area contributed by atoms with Crippen molar-refractivity contribution in [3.8, 4) is 0 Å². The molecule has 100 valence electrons. The number of rotatable bonds is 5. The summed E-state index contributed by atoms with van der Waals surface area (Å²) in [6, 6.07) is 1.29. The minimum atomic E-state index is -2.95. The Labute approximate surface area is 102 Å². The van der Waals surface area contributed by atoms with Crippen LogP contribution in [0.1, 0.15) is 30.2 Å². The van der Waals surface area contributed by atoms with Crippen LogP contribution in [0.25, 0.3) is 0 Å². The summed E-state index contributed by atoms with van der Waals surface area (Å²) in [4.78, 5) is 25.0. The Morgan fingerprint density at radius 1 is 1.56 bits per heavy atom. The zero-order chi connectivity index (χ0) is 13.7. The van der Waals surface area contributed by atoms with Crippen molar-refractivity contribution in [3.05, 3.63) is 33.2 Å². The van der Waals surface area contributed by atoms with Gasteiger partial charge < -0.3 is 15.5 Å². The Morgan fingerprint density at radius 3 is 2.72 bits per heavy atom. The summed E-state index contributed by atoms with van der Waals surface area (Å²) in [5.74, 6) is -0.659. The molecule has 18 heavy (non-hydrogen) atoms. The van der Waals surface area contributed by atoms with Crippen LogP contribution in [0.15, 0.2) is 10.9 Å². The van der Waals surface area contributed by atoms with Crippen molar-refractivity contribution in [1.29, 1.82) is 0 Å². The maximum absolute atomic E-state index is 12.8. The first kappa shape index (κ1) is 14.3. The van der Waals surface area contributed by atoms with Crippen LogP contribution in [0, 0.1) is 0 Å². The van der Waals surface area contributed by atoms with Gasteiger partial charge in [0, 0.05) is 12.2 Å². The number of carbonyl (C=O) groups excluding carboxylic acids is 1. The molecule has 0 aromatic carbocycles. The van der Waals surface area contributed by atoms with E-state index in [9.17, 15) is 18.4 Å². The number of H-pyrrole nitrogens is 1. The Balaban J connectivity index is 3.17. The normalized spacial score (nSPS) is 10.7. The smallest absolute Gasteiger partial charge is 0.310 e.